The lowest BCUT2D eigenvalue weighted by Crippen LogP contribution is -2.13. The third-order valence-electron chi connectivity index (χ3n) is 4.12. The fraction of sp³-hybridized carbons (Fsp3) is 0.0500. The minimum absolute atomic E-state index is 0.0124. The molecule has 1 heterocycles. The van der Waals surface area contributed by atoms with Gasteiger partial charge in [-0.15, -0.1) is 11.3 Å². The first kappa shape index (κ1) is 19.2. The van der Waals surface area contributed by atoms with Gasteiger partial charge in [-0.3, -0.25) is 4.72 Å². The summed E-state index contributed by atoms with van der Waals surface area (Å²) in [6.45, 7) is 2.03. The van der Waals surface area contributed by atoms with Crippen molar-refractivity contribution in [2.45, 2.75) is 11.8 Å². The predicted octanol–water partition coefficient (Wildman–Crippen LogP) is 6.38. The number of rotatable bonds is 4. The molecule has 0 aliphatic carbocycles. The second-order valence-corrected chi connectivity index (χ2v) is 9.72. The van der Waals surface area contributed by atoms with E-state index in [9.17, 15) is 8.42 Å². The average molecular weight is 449 g/mol. The molecule has 4 nitrogen and oxygen atoms in total. The average Bonchev–Trinajstić information content (AvgIpc) is 3.04. The number of aromatic nitrogens is 1. The Kier molecular flexibility index (Phi) is 5.05. The topological polar surface area (TPSA) is 59.1 Å². The third-order valence-corrected chi connectivity index (χ3v) is 7.37. The summed E-state index contributed by atoms with van der Waals surface area (Å²) in [6.07, 6.45) is 0. The highest BCUT2D eigenvalue weighted by atomic mass is 35.5. The molecule has 0 aliphatic rings. The van der Waals surface area contributed by atoms with Crippen molar-refractivity contribution in [3.8, 4) is 10.6 Å². The van der Waals surface area contributed by atoms with Gasteiger partial charge in [0, 0.05) is 5.56 Å². The molecule has 0 aliphatic heterocycles. The van der Waals surface area contributed by atoms with E-state index in [0.717, 1.165) is 26.4 Å². The van der Waals surface area contributed by atoms with E-state index in [1.165, 1.54) is 12.1 Å². The number of sulfonamides is 1. The first-order chi connectivity index (χ1) is 13.3. The number of hydrogen-bond acceptors (Lipinski definition) is 4. The molecule has 8 heteroatoms. The zero-order valence-corrected chi connectivity index (χ0v) is 17.8. The molecule has 142 valence electrons. The lowest BCUT2D eigenvalue weighted by atomic mass is 10.2. The number of nitrogens with zero attached hydrogens (tertiary/aromatic N) is 1. The van der Waals surface area contributed by atoms with Gasteiger partial charge in [0.2, 0.25) is 0 Å². The molecule has 0 fully saturated rings. The van der Waals surface area contributed by atoms with E-state index in [1.807, 2.05) is 19.1 Å². The summed E-state index contributed by atoms with van der Waals surface area (Å²) in [6, 6.07) is 17.3. The molecule has 0 unspecified atom stereocenters. The Morgan fingerprint density at radius 3 is 2.50 bits per heavy atom. The van der Waals surface area contributed by atoms with Crippen LogP contribution in [0.5, 0.6) is 0 Å². The van der Waals surface area contributed by atoms with Gasteiger partial charge >= 0.3 is 0 Å². The van der Waals surface area contributed by atoms with Crippen molar-refractivity contribution in [2.24, 2.45) is 0 Å². The van der Waals surface area contributed by atoms with E-state index >= 15 is 0 Å². The minimum Gasteiger partial charge on any atom is -0.280 e. The van der Waals surface area contributed by atoms with Crippen LogP contribution in [0, 0.1) is 6.92 Å². The Bertz CT molecular complexity index is 1300. The smallest absolute Gasteiger partial charge is 0.263 e. The van der Waals surface area contributed by atoms with Crippen molar-refractivity contribution in [2.75, 3.05) is 4.72 Å². The number of anilines is 1. The summed E-state index contributed by atoms with van der Waals surface area (Å²) >= 11 is 14.0. The number of fused-ring (bicyclic) bond motifs is 1. The largest absolute Gasteiger partial charge is 0.280 e. The number of hydrogen-bond donors (Lipinski definition) is 1. The van der Waals surface area contributed by atoms with E-state index in [0.29, 0.717) is 10.7 Å². The first-order valence-electron chi connectivity index (χ1n) is 8.28. The van der Waals surface area contributed by atoms with E-state index in [1.54, 1.807) is 41.7 Å². The van der Waals surface area contributed by atoms with Crippen LogP contribution in [0.4, 0.5) is 5.69 Å². The maximum atomic E-state index is 12.6. The van der Waals surface area contributed by atoms with Crippen molar-refractivity contribution in [1.29, 1.82) is 0 Å². The Balaban J connectivity index is 1.67. The van der Waals surface area contributed by atoms with Gasteiger partial charge in [-0.25, -0.2) is 13.4 Å². The van der Waals surface area contributed by atoms with Crippen molar-refractivity contribution in [3.05, 3.63) is 76.3 Å². The Hall–Kier alpha value is -2.12. The van der Waals surface area contributed by atoms with Gasteiger partial charge in [-0.1, -0.05) is 41.4 Å². The molecule has 1 aromatic heterocycles. The second kappa shape index (κ2) is 7.37. The summed E-state index contributed by atoms with van der Waals surface area (Å²) in [7, 11) is -3.82. The number of aryl methyl sites for hydroxylation is 1. The quantitative estimate of drug-likeness (QED) is 0.393. The number of benzene rings is 3. The third kappa shape index (κ3) is 3.73. The van der Waals surface area contributed by atoms with Crippen LogP contribution < -0.4 is 4.72 Å². The molecule has 0 radical (unpaired) electrons. The van der Waals surface area contributed by atoms with E-state index in [-0.39, 0.29) is 9.92 Å². The van der Waals surface area contributed by atoms with Gasteiger partial charge in [0.05, 0.1) is 25.9 Å². The van der Waals surface area contributed by atoms with Crippen LogP contribution in [0.15, 0.2) is 65.6 Å². The summed E-state index contributed by atoms with van der Waals surface area (Å²) in [4.78, 5) is 4.64. The molecule has 3 aromatic carbocycles. The molecule has 0 spiro atoms. The van der Waals surface area contributed by atoms with Gasteiger partial charge in [0.1, 0.15) is 9.90 Å². The second-order valence-electron chi connectivity index (χ2n) is 6.22. The van der Waals surface area contributed by atoms with Gasteiger partial charge in [0.25, 0.3) is 10.0 Å². The molecule has 1 N–H and O–H groups in total. The Morgan fingerprint density at radius 2 is 1.75 bits per heavy atom. The number of thiazole rings is 1. The summed E-state index contributed by atoms with van der Waals surface area (Å²) in [5.41, 5.74) is 3.18. The highest BCUT2D eigenvalue weighted by molar-refractivity contribution is 7.92. The van der Waals surface area contributed by atoms with Crippen molar-refractivity contribution in [1.82, 2.24) is 4.98 Å². The Morgan fingerprint density at radius 1 is 0.964 bits per heavy atom. The van der Waals surface area contributed by atoms with Crippen LogP contribution in [0.3, 0.4) is 0 Å². The highest BCUT2D eigenvalue weighted by Gasteiger charge is 2.18. The molecule has 28 heavy (non-hydrogen) atoms. The molecule has 4 aromatic rings. The maximum Gasteiger partial charge on any atom is 0.263 e. The van der Waals surface area contributed by atoms with E-state index in [2.05, 4.69) is 15.8 Å². The fourth-order valence-electron chi connectivity index (χ4n) is 2.77. The zero-order valence-electron chi connectivity index (χ0n) is 14.6. The molecule has 4 rings (SSSR count). The molecule has 0 atom stereocenters. The molecule has 0 saturated heterocycles. The van der Waals surface area contributed by atoms with E-state index < -0.39 is 10.0 Å². The molecule has 0 saturated carbocycles. The predicted molar refractivity (Wildman–Crippen MR) is 117 cm³/mol. The lowest BCUT2D eigenvalue weighted by Gasteiger charge is -2.10. The molecular weight excluding hydrogens is 435 g/mol. The first-order valence-corrected chi connectivity index (χ1v) is 11.3. The summed E-state index contributed by atoms with van der Waals surface area (Å²) < 4.78 is 28.8. The van der Waals surface area contributed by atoms with Gasteiger partial charge < -0.3 is 0 Å². The van der Waals surface area contributed by atoms with Crippen LogP contribution in [-0.2, 0) is 10.0 Å². The SMILES string of the molecule is Cc1ccc2nc(-c3ccc(NS(=O)(=O)c4ccccc4Cl)cc3Cl)sc2c1. The van der Waals surface area contributed by atoms with Crippen molar-refractivity contribution >= 4 is 60.5 Å². The van der Waals surface area contributed by atoms with Crippen LogP contribution in [0.1, 0.15) is 5.56 Å². The van der Waals surface area contributed by atoms with Crippen molar-refractivity contribution < 1.29 is 8.42 Å². The summed E-state index contributed by atoms with van der Waals surface area (Å²) in [5.74, 6) is 0. The van der Waals surface area contributed by atoms with Crippen LogP contribution in [-0.4, -0.2) is 13.4 Å². The normalized spacial score (nSPS) is 11.7. The minimum atomic E-state index is -3.82. The molecule has 0 amide bonds. The van der Waals surface area contributed by atoms with Gasteiger partial charge in [0.15, 0.2) is 0 Å². The zero-order chi connectivity index (χ0) is 19.9. The lowest BCUT2D eigenvalue weighted by molar-refractivity contribution is 0.601. The Labute approximate surface area is 176 Å². The van der Waals surface area contributed by atoms with Gasteiger partial charge in [-0.2, -0.15) is 0 Å². The summed E-state index contributed by atoms with van der Waals surface area (Å²) in [5, 5.41) is 1.35. The molecule has 0 bridgehead atoms. The van der Waals surface area contributed by atoms with E-state index in [4.69, 9.17) is 23.2 Å². The molecular formula is C20H14Cl2N2O2S2. The van der Waals surface area contributed by atoms with Crippen LogP contribution in [0.25, 0.3) is 20.8 Å². The monoisotopic (exact) mass is 448 g/mol. The standard InChI is InChI=1S/C20H14Cl2N2O2S2/c1-12-6-9-17-18(10-12)27-20(23-17)14-8-7-13(11-16(14)22)24-28(25,26)19-5-3-2-4-15(19)21/h2-11,24H,1H3. The maximum absolute atomic E-state index is 12.6. The van der Waals surface area contributed by atoms with Crippen LogP contribution in [0.2, 0.25) is 10.0 Å². The number of nitrogens with one attached hydrogen (secondary N) is 1. The fourth-order valence-corrected chi connectivity index (χ4v) is 5.77. The van der Waals surface area contributed by atoms with Crippen molar-refractivity contribution in [3.63, 3.8) is 0 Å². The highest BCUT2D eigenvalue weighted by Crippen LogP contribution is 2.36. The van der Waals surface area contributed by atoms with Gasteiger partial charge in [-0.05, 0) is 55.0 Å². The number of halogens is 2. The van der Waals surface area contributed by atoms with Crippen LogP contribution >= 0.6 is 34.5 Å².